The van der Waals surface area contributed by atoms with Crippen molar-refractivity contribution in [2.24, 2.45) is 5.92 Å². The van der Waals surface area contributed by atoms with Gasteiger partial charge in [0, 0.05) is 45.3 Å². The first-order valence-corrected chi connectivity index (χ1v) is 9.26. The van der Waals surface area contributed by atoms with Crippen LogP contribution in [-0.4, -0.2) is 65.7 Å². The minimum atomic E-state index is 0.0906. The fourth-order valence-corrected chi connectivity index (χ4v) is 3.08. The Bertz CT molecular complexity index is 765. The highest BCUT2D eigenvalue weighted by Crippen LogP contribution is 2.17. The molecule has 1 aliphatic rings. The van der Waals surface area contributed by atoms with E-state index in [1.165, 1.54) is 17.5 Å². The third-order valence-corrected chi connectivity index (χ3v) is 4.91. The molecule has 1 aromatic carbocycles. The number of anilines is 2. The number of benzene rings is 1. The Morgan fingerprint density at radius 3 is 2.70 bits per heavy atom. The van der Waals surface area contributed by atoms with Crippen LogP contribution >= 0.6 is 0 Å². The summed E-state index contributed by atoms with van der Waals surface area (Å²) in [5.41, 5.74) is 2.44. The summed E-state index contributed by atoms with van der Waals surface area (Å²) in [4.78, 5) is 24.2. The molecule has 1 unspecified atom stereocenters. The number of carbonyl (C=O) groups is 1. The molecule has 1 saturated heterocycles. The second kappa shape index (κ2) is 8.81. The number of aromatic nitrogens is 2. The predicted octanol–water partition coefficient (Wildman–Crippen LogP) is 1.33. The van der Waals surface area contributed by atoms with E-state index in [4.69, 9.17) is 0 Å². The van der Waals surface area contributed by atoms with Crippen LogP contribution in [0.5, 0.6) is 0 Å². The van der Waals surface area contributed by atoms with E-state index in [-0.39, 0.29) is 18.4 Å². The van der Waals surface area contributed by atoms with Crippen LogP contribution in [0.1, 0.15) is 11.1 Å². The van der Waals surface area contributed by atoms with Gasteiger partial charge in [0.25, 0.3) is 0 Å². The number of amides is 1. The number of piperazine rings is 1. The van der Waals surface area contributed by atoms with Crippen molar-refractivity contribution in [2.75, 3.05) is 50.1 Å². The van der Waals surface area contributed by atoms with Gasteiger partial charge < -0.3 is 20.2 Å². The summed E-state index contributed by atoms with van der Waals surface area (Å²) < 4.78 is 0. The van der Waals surface area contributed by atoms with Crippen LogP contribution in [0, 0.1) is 12.8 Å². The molecule has 0 saturated carbocycles. The number of hydrogen-bond donors (Lipinski definition) is 2. The highest BCUT2D eigenvalue weighted by atomic mass is 16.3. The number of nitrogens with zero attached hydrogens (tertiary/aromatic N) is 4. The van der Waals surface area contributed by atoms with E-state index in [1.807, 2.05) is 18.0 Å². The van der Waals surface area contributed by atoms with Crippen LogP contribution in [0.25, 0.3) is 0 Å². The molecule has 2 N–H and O–H groups in total. The van der Waals surface area contributed by atoms with Crippen LogP contribution in [0.3, 0.4) is 0 Å². The number of aliphatic hydroxyl groups is 1. The Kier molecular flexibility index (Phi) is 6.24. The van der Waals surface area contributed by atoms with E-state index in [0.29, 0.717) is 25.5 Å². The summed E-state index contributed by atoms with van der Waals surface area (Å²) >= 11 is 0. The quantitative estimate of drug-likeness (QED) is 0.766. The molecule has 1 aliphatic heterocycles. The first-order valence-electron chi connectivity index (χ1n) is 9.26. The van der Waals surface area contributed by atoms with E-state index in [2.05, 4.69) is 46.5 Å². The van der Waals surface area contributed by atoms with Crippen LogP contribution < -0.4 is 10.2 Å². The summed E-state index contributed by atoms with van der Waals surface area (Å²) in [6.07, 6.45) is 2.31. The van der Waals surface area contributed by atoms with Crippen molar-refractivity contribution in [3.63, 3.8) is 0 Å². The third kappa shape index (κ3) is 5.17. The highest BCUT2D eigenvalue weighted by Gasteiger charge is 2.22. The van der Waals surface area contributed by atoms with Gasteiger partial charge in [-0.25, -0.2) is 9.97 Å². The Hall–Kier alpha value is -2.67. The summed E-state index contributed by atoms with van der Waals surface area (Å²) in [5, 5.41) is 13.0. The van der Waals surface area contributed by atoms with Crippen molar-refractivity contribution in [1.29, 1.82) is 0 Å². The van der Waals surface area contributed by atoms with Crippen molar-refractivity contribution in [1.82, 2.24) is 14.9 Å². The molecule has 1 atom stereocenters. The van der Waals surface area contributed by atoms with Crippen molar-refractivity contribution in [3.05, 3.63) is 47.8 Å². The largest absolute Gasteiger partial charge is 0.396 e. The van der Waals surface area contributed by atoms with Gasteiger partial charge in [0.1, 0.15) is 18.0 Å². The molecule has 2 heterocycles. The molecule has 1 fully saturated rings. The molecule has 144 valence electrons. The van der Waals surface area contributed by atoms with Gasteiger partial charge in [-0.3, -0.25) is 4.79 Å². The smallest absolute Gasteiger partial charge is 0.241 e. The standard InChI is InChI=1S/C20H27N5O2/c1-15-3-5-16(6-4-15)9-17(13-26)11-21-18-10-19(23-14-22-18)25-8-7-24(2)20(27)12-25/h3-6,10,14,17,26H,7-9,11-13H2,1-2H3,(H,21,22,23). The van der Waals surface area contributed by atoms with Crippen LogP contribution in [0.4, 0.5) is 11.6 Å². The van der Waals surface area contributed by atoms with Crippen molar-refractivity contribution in [3.8, 4) is 0 Å². The Morgan fingerprint density at radius 1 is 1.22 bits per heavy atom. The van der Waals surface area contributed by atoms with Crippen LogP contribution in [0.15, 0.2) is 36.7 Å². The Morgan fingerprint density at radius 2 is 2.00 bits per heavy atom. The highest BCUT2D eigenvalue weighted by molar-refractivity contribution is 5.82. The molecule has 7 nitrogen and oxygen atoms in total. The summed E-state index contributed by atoms with van der Waals surface area (Å²) in [7, 11) is 1.82. The number of nitrogens with one attached hydrogen (secondary N) is 1. The van der Waals surface area contributed by atoms with Gasteiger partial charge in [-0.05, 0) is 18.9 Å². The molecule has 2 aromatic rings. The van der Waals surface area contributed by atoms with E-state index >= 15 is 0 Å². The average Bonchev–Trinajstić information content (AvgIpc) is 2.69. The van der Waals surface area contributed by atoms with Crippen molar-refractivity contribution in [2.45, 2.75) is 13.3 Å². The number of hydrogen-bond acceptors (Lipinski definition) is 6. The Labute approximate surface area is 160 Å². The van der Waals surface area contributed by atoms with Gasteiger partial charge in [0.2, 0.25) is 5.91 Å². The molecule has 0 bridgehead atoms. The first kappa shape index (κ1) is 19.1. The van der Waals surface area contributed by atoms with E-state index in [9.17, 15) is 9.90 Å². The average molecular weight is 369 g/mol. The maximum absolute atomic E-state index is 11.9. The zero-order valence-electron chi connectivity index (χ0n) is 15.9. The van der Waals surface area contributed by atoms with Gasteiger partial charge in [0.15, 0.2) is 0 Å². The van der Waals surface area contributed by atoms with Gasteiger partial charge in [-0.2, -0.15) is 0 Å². The van der Waals surface area contributed by atoms with Gasteiger partial charge in [-0.1, -0.05) is 29.8 Å². The van der Waals surface area contributed by atoms with E-state index < -0.39 is 0 Å². The molecule has 1 aromatic heterocycles. The lowest BCUT2D eigenvalue weighted by atomic mass is 9.99. The van der Waals surface area contributed by atoms with Gasteiger partial charge >= 0.3 is 0 Å². The molecule has 3 rings (SSSR count). The van der Waals surface area contributed by atoms with Gasteiger partial charge in [0.05, 0.1) is 6.54 Å². The predicted molar refractivity (Wildman–Crippen MR) is 106 cm³/mol. The summed E-state index contributed by atoms with van der Waals surface area (Å²) in [6.45, 7) is 4.56. The minimum Gasteiger partial charge on any atom is -0.396 e. The molecule has 1 amide bonds. The summed E-state index contributed by atoms with van der Waals surface area (Å²) in [6, 6.07) is 10.2. The van der Waals surface area contributed by atoms with Gasteiger partial charge in [-0.15, -0.1) is 0 Å². The maximum atomic E-state index is 11.9. The zero-order valence-corrected chi connectivity index (χ0v) is 15.9. The van der Waals surface area contributed by atoms with Crippen LogP contribution in [0.2, 0.25) is 0 Å². The molecule has 27 heavy (non-hydrogen) atoms. The minimum absolute atomic E-state index is 0.0906. The number of rotatable bonds is 7. The van der Waals surface area contributed by atoms with Crippen LogP contribution in [-0.2, 0) is 11.2 Å². The molecular weight excluding hydrogens is 342 g/mol. The molecular formula is C20H27N5O2. The maximum Gasteiger partial charge on any atom is 0.241 e. The number of likely N-dealkylation sites (N-methyl/N-ethyl adjacent to an activating group) is 1. The normalized spacial score (nSPS) is 15.7. The fraction of sp³-hybridized carbons (Fsp3) is 0.450. The second-order valence-electron chi connectivity index (χ2n) is 7.12. The lowest BCUT2D eigenvalue weighted by molar-refractivity contribution is -0.129. The fourth-order valence-electron chi connectivity index (χ4n) is 3.08. The molecule has 0 radical (unpaired) electrons. The molecule has 7 heteroatoms. The SMILES string of the molecule is Cc1ccc(CC(CO)CNc2cc(N3CCN(C)C(=O)C3)ncn2)cc1. The first-order chi connectivity index (χ1) is 13.0. The second-order valence-corrected chi connectivity index (χ2v) is 7.12. The number of aryl methyl sites for hydroxylation is 1. The number of aliphatic hydroxyl groups excluding tert-OH is 1. The monoisotopic (exact) mass is 369 g/mol. The van der Waals surface area contributed by atoms with Crippen molar-refractivity contribution >= 4 is 17.5 Å². The molecule has 0 aliphatic carbocycles. The zero-order chi connectivity index (χ0) is 19.2. The van der Waals surface area contributed by atoms with E-state index in [0.717, 1.165) is 18.8 Å². The lowest BCUT2D eigenvalue weighted by Crippen LogP contribution is -2.48. The molecule has 0 spiro atoms. The Balaban J connectivity index is 1.58. The van der Waals surface area contributed by atoms with Crippen molar-refractivity contribution < 1.29 is 9.90 Å². The topological polar surface area (TPSA) is 81.6 Å². The third-order valence-electron chi connectivity index (χ3n) is 4.91. The summed E-state index contributed by atoms with van der Waals surface area (Å²) in [5.74, 6) is 1.63. The van der Waals surface area contributed by atoms with E-state index in [1.54, 1.807) is 4.90 Å². The lowest BCUT2D eigenvalue weighted by Gasteiger charge is -2.32. The number of carbonyl (C=O) groups excluding carboxylic acids is 1.